The molecule has 0 radical (unpaired) electrons. The Morgan fingerprint density at radius 2 is 2.00 bits per heavy atom. The van der Waals surface area contributed by atoms with Gasteiger partial charge in [0, 0.05) is 0 Å². The van der Waals surface area contributed by atoms with Crippen LogP contribution >= 0.6 is 0 Å². The zero-order valence-electron chi connectivity index (χ0n) is 19.5. The third-order valence-corrected chi connectivity index (χ3v) is 8.63. The second-order valence-electron chi connectivity index (χ2n) is 11.1. The van der Waals surface area contributed by atoms with E-state index in [0.29, 0.717) is 23.7 Å². The molecule has 0 aromatic carbocycles. The van der Waals surface area contributed by atoms with Gasteiger partial charge in [0.2, 0.25) is 0 Å². The first kappa shape index (κ1) is 23.8. The summed E-state index contributed by atoms with van der Waals surface area (Å²) in [4.78, 5) is 0. The lowest BCUT2D eigenvalue weighted by molar-refractivity contribution is -0.00891. The molecule has 0 aromatic heterocycles. The largest absolute Gasteiger partial charge is 0.393 e. The second kappa shape index (κ2) is 9.71. The van der Waals surface area contributed by atoms with Gasteiger partial charge in [-0.3, -0.25) is 0 Å². The van der Waals surface area contributed by atoms with Crippen LogP contribution in [0.3, 0.4) is 0 Å². The van der Waals surface area contributed by atoms with E-state index in [-0.39, 0.29) is 12.7 Å². The average molecular weight is 417 g/mol. The Bertz CT molecular complexity index is 674. The fourth-order valence-corrected chi connectivity index (χ4v) is 6.69. The number of hydrogen-bond donors (Lipinski definition) is 3. The van der Waals surface area contributed by atoms with Crippen LogP contribution in [-0.4, -0.2) is 33.6 Å². The van der Waals surface area contributed by atoms with Gasteiger partial charge in [-0.2, -0.15) is 0 Å². The maximum Gasteiger partial charge on any atom is 0.0849 e. The molecule has 0 aromatic rings. The minimum Gasteiger partial charge on any atom is -0.393 e. The summed E-state index contributed by atoms with van der Waals surface area (Å²) in [5.74, 6) is 2.07. The van der Waals surface area contributed by atoms with Gasteiger partial charge in [0.1, 0.15) is 0 Å². The van der Waals surface area contributed by atoms with Gasteiger partial charge in [-0.15, -0.1) is 0 Å². The van der Waals surface area contributed by atoms with Gasteiger partial charge in [-0.25, -0.2) is 0 Å². The predicted molar refractivity (Wildman–Crippen MR) is 124 cm³/mol. The van der Waals surface area contributed by atoms with Crippen LogP contribution in [0, 0.1) is 23.2 Å². The fourth-order valence-electron chi connectivity index (χ4n) is 6.69. The van der Waals surface area contributed by atoms with Gasteiger partial charge in [-0.1, -0.05) is 56.6 Å². The smallest absolute Gasteiger partial charge is 0.0849 e. The lowest BCUT2D eigenvalue weighted by atomic mass is 9.60. The maximum atomic E-state index is 10.1. The van der Waals surface area contributed by atoms with Crippen LogP contribution in [0.15, 0.2) is 35.5 Å². The Hall–Kier alpha value is -0.900. The van der Waals surface area contributed by atoms with Gasteiger partial charge >= 0.3 is 0 Å². The van der Waals surface area contributed by atoms with Crippen LogP contribution < -0.4 is 0 Å². The minimum atomic E-state index is -0.938. The summed E-state index contributed by atoms with van der Waals surface area (Å²) in [6, 6.07) is 0. The van der Waals surface area contributed by atoms with Crippen molar-refractivity contribution in [3.8, 4) is 0 Å². The lowest BCUT2D eigenvalue weighted by Crippen LogP contribution is -2.36. The Kier molecular flexibility index (Phi) is 7.69. The van der Waals surface area contributed by atoms with Crippen molar-refractivity contribution < 1.29 is 15.3 Å². The topological polar surface area (TPSA) is 60.7 Å². The molecule has 0 spiro atoms. The first-order chi connectivity index (χ1) is 14.2. The van der Waals surface area contributed by atoms with Crippen LogP contribution in [0.5, 0.6) is 0 Å². The highest BCUT2D eigenvalue weighted by Gasteiger charge is 2.50. The van der Waals surface area contributed by atoms with Crippen LogP contribution in [-0.2, 0) is 0 Å². The number of hydrogen-bond acceptors (Lipinski definition) is 3. The fraction of sp³-hybridized carbons (Fsp3) is 0.778. The molecule has 0 saturated heterocycles. The molecule has 0 amide bonds. The van der Waals surface area contributed by atoms with E-state index in [4.69, 9.17) is 0 Å². The highest BCUT2D eigenvalue weighted by molar-refractivity contribution is 5.36. The van der Waals surface area contributed by atoms with Crippen molar-refractivity contribution in [2.45, 2.75) is 103 Å². The van der Waals surface area contributed by atoms with Crippen molar-refractivity contribution >= 4 is 0 Å². The Balaban J connectivity index is 1.66. The van der Waals surface area contributed by atoms with E-state index >= 15 is 0 Å². The molecule has 0 heterocycles. The summed E-state index contributed by atoms with van der Waals surface area (Å²) in [6.07, 6.45) is 16.1. The Morgan fingerprint density at radius 3 is 2.73 bits per heavy atom. The highest BCUT2D eigenvalue weighted by Crippen LogP contribution is 2.60. The van der Waals surface area contributed by atoms with E-state index in [0.717, 1.165) is 38.0 Å². The molecule has 1 unspecified atom stereocenters. The quantitative estimate of drug-likeness (QED) is 0.498. The summed E-state index contributed by atoms with van der Waals surface area (Å²) >= 11 is 0. The van der Waals surface area contributed by atoms with Crippen molar-refractivity contribution in [3.63, 3.8) is 0 Å². The third-order valence-electron chi connectivity index (χ3n) is 8.63. The van der Waals surface area contributed by atoms with Crippen molar-refractivity contribution in [2.75, 3.05) is 6.61 Å². The van der Waals surface area contributed by atoms with Crippen LogP contribution in [0.4, 0.5) is 0 Å². The van der Waals surface area contributed by atoms with E-state index in [1.54, 1.807) is 12.5 Å². The maximum absolute atomic E-state index is 10.1. The number of rotatable bonds is 7. The molecule has 170 valence electrons. The van der Waals surface area contributed by atoms with E-state index in [1.165, 1.54) is 43.3 Å². The summed E-state index contributed by atoms with van der Waals surface area (Å²) in [6.45, 7) is 10.7. The molecule has 3 N–H and O–H groups in total. The van der Waals surface area contributed by atoms with Crippen LogP contribution in [0.1, 0.15) is 91.4 Å². The average Bonchev–Trinajstić information content (AvgIpc) is 3.06. The number of aliphatic hydroxyl groups is 3. The molecular formula is C27H44O3. The van der Waals surface area contributed by atoms with Gasteiger partial charge in [0.05, 0.1) is 18.3 Å². The molecule has 0 bridgehead atoms. The number of fused-ring (bicyclic) bond motifs is 1. The van der Waals surface area contributed by atoms with Gasteiger partial charge in [0.25, 0.3) is 0 Å². The second-order valence-corrected chi connectivity index (χ2v) is 11.1. The summed E-state index contributed by atoms with van der Waals surface area (Å²) in [5, 5.41) is 29.4. The molecule has 3 heteroatoms. The standard InChI is InChI=1S/C27H44O3/c1-19-9-12-23(29)17-22(19)11-10-21-8-6-16-27(4)24(13-14-25(21)27)20(2)7-5-15-26(3,30)18-28/h10-11,20,23-25,28-30H,1,5-9,12-18H2,2-4H3/t20-,23+,24-,25?,26+,27-/m1/s1. The molecule has 3 aliphatic rings. The molecule has 30 heavy (non-hydrogen) atoms. The summed E-state index contributed by atoms with van der Waals surface area (Å²) in [5.41, 5.74) is 3.50. The Labute approximate surface area is 184 Å². The van der Waals surface area contributed by atoms with E-state index in [9.17, 15) is 15.3 Å². The molecule has 0 aliphatic heterocycles. The first-order valence-corrected chi connectivity index (χ1v) is 12.3. The zero-order chi connectivity index (χ0) is 21.9. The van der Waals surface area contributed by atoms with Crippen molar-refractivity contribution in [1.82, 2.24) is 0 Å². The van der Waals surface area contributed by atoms with E-state index in [1.807, 2.05) is 0 Å². The minimum absolute atomic E-state index is 0.155. The molecule has 3 aliphatic carbocycles. The molecule has 3 rings (SSSR count). The first-order valence-electron chi connectivity index (χ1n) is 12.3. The normalized spacial score (nSPS) is 37.9. The zero-order valence-corrected chi connectivity index (χ0v) is 19.5. The number of allylic oxidation sites excluding steroid dienone is 4. The summed E-state index contributed by atoms with van der Waals surface area (Å²) in [7, 11) is 0. The molecule has 6 atom stereocenters. The lowest BCUT2D eigenvalue weighted by Gasteiger charge is -2.44. The van der Waals surface area contributed by atoms with Crippen molar-refractivity contribution in [2.24, 2.45) is 23.2 Å². The monoisotopic (exact) mass is 416 g/mol. The predicted octanol–water partition coefficient (Wildman–Crippen LogP) is 5.71. The molecule has 3 saturated carbocycles. The molecular weight excluding hydrogens is 372 g/mol. The summed E-state index contributed by atoms with van der Waals surface area (Å²) < 4.78 is 0. The van der Waals surface area contributed by atoms with E-state index < -0.39 is 5.60 Å². The van der Waals surface area contributed by atoms with Crippen molar-refractivity contribution in [1.29, 1.82) is 0 Å². The van der Waals surface area contributed by atoms with Crippen LogP contribution in [0.25, 0.3) is 0 Å². The van der Waals surface area contributed by atoms with Gasteiger partial charge in [-0.05, 0) is 93.5 Å². The molecule has 3 nitrogen and oxygen atoms in total. The van der Waals surface area contributed by atoms with Crippen molar-refractivity contribution in [3.05, 3.63) is 35.5 Å². The van der Waals surface area contributed by atoms with Gasteiger partial charge < -0.3 is 15.3 Å². The third kappa shape index (κ3) is 5.29. The van der Waals surface area contributed by atoms with Gasteiger partial charge in [0.15, 0.2) is 0 Å². The number of aliphatic hydroxyl groups excluding tert-OH is 2. The van der Waals surface area contributed by atoms with Crippen LogP contribution in [0.2, 0.25) is 0 Å². The SMILES string of the molecule is C=C1CC[C@H](O)CC1=CC=C1CCC[C@@]2(C)C1CC[C@@H]2[C@H](C)CCC[C@](C)(O)CO. The molecule has 3 fully saturated rings. The Morgan fingerprint density at radius 1 is 1.23 bits per heavy atom. The highest BCUT2D eigenvalue weighted by atomic mass is 16.3. The van der Waals surface area contributed by atoms with E-state index in [2.05, 4.69) is 32.6 Å².